The van der Waals surface area contributed by atoms with Crippen LogP contribution in [-0.4, -0.2) is 11.9 Å². The zero-order valence-electron chi connectivity index (χ0n) is 10.2. The quantitative estimate of drug-likeness (QED) is 0.761. The van der Waals surface area contributed by atoms with Crippen LogP contribution in [0.1, 0.15) is 25.0 Å². The molecule has 1 aliphatic heterocycles. The largest absolute Gasteiger partial charge is 0.372 e. The van der Waals surface area contributed by atoms with Gasteiger partial charge in [-0.2, -0.15) is 0 Å². The number of rotatable bonds is 1. The van der Waals surface area contributed by atoms with Crippen molar-refractivity contribution in [1.82, 2.24) is 0 Å². The zero-order chi connectivity index (χ0) is 11.9. The van der Waals surface area contributed by atoms with Crippen LogP contribution < -0.4 is 10.6 Å². The zero-order valence-corrected chi connectivity index (χ0v) is 10.2. The second-order valence-electron chi connectivity index (χ2n) is 4.84. The maximum absolute atomic E-state index is 11.8. The molecule has 2 rings (SSSR count). The van der Waals surface area contributed by atoms with E-state index in [2.05, 4.69) is 30.5 Å². The summed E-state index contributed by atoms with van der Waals surface area (Å²) in [6.07, 6.45) is 0. The monoisotopic (exact) mass is 218 g/mol. The van der Waals surface area contributed by atoms with Crippen molar-refractivity contribution in [2.24, 2.45) is 5.92 Å². The first-order valence-corrected chi connectivity index (χ1v) is 5.67. The summed E-state index contributed by atoms with van der Waals surface area (Å²) in [4.78, 5) is 11.8. The first-order valence-electron chi connectivity index (χ1n) is 5.67. The molecule has 3 nitrogen and oxygen atoms in total. The van der Waals surface area contributed by atoms with E-state index in [0.29, 0.717) is 0 Å². The molecule has 1 aromatic carbocycles. The minimum absolute atomic E-state index is 0.0609. The Labute approximate surface area is 96.2 Å². The summed E-state index contributed by atoms with van der Waals surface area (Å²) in [5.41, 5.74) is 4.36. The van der Waals surface area contributed by atoms with E-state index in [1.807, 2.05) is 19.9 Å². The predicted octanol–water partition coefficient (Wildman–Crippen LogP) is 2.69. The Morgan fingerprint density at radius 2 is 1.69 bits per heavy atom. The molecule has 0 radical (unpaired) electrons. The Morgan fingerprint density at radius 3 is 2.25 bits per heavy atom. The Kier molecular flexibility index (Phi) is 2.62. The Balaban J connectivity index is 2.39. The van der Waals surface area contributed by atoms with Crippen LogP contribution in [0, 0.1) is 19.8 Å². The van der Waals surface area contributed by atoms with Crippen molar-refractivity contribution in [3.05, 3.63) is 23.3 Å². The van der Waals surface area contributed by atoms with Crippen LogP contribution in [0.4, 0.5) is 11.4 Å². The highest BCUT2D eigenvalue weighted by Gasteiger charge is 2.27. The smallest absolute Gasteiger partial charge is 0.247 e. The third-order valence-electron chi connectivity index (χ3n) is 3.15. The highest BCUT2D eigenvalue weighted by molar-refractivity contribution is 6.03. The van der Waals surface area contributed by atoms with Gasteiger partial charge in [-0.3, -0.25) is 4.79 Å². The van der Waals surface area contributed by atoms with Crippen LogP contribution >= 0.6 is 0 Å². The number of anilines is 2. The van der Waals surface area contributed by atoms with Gasteiger partial charge >= 0.3 is 0 Å². The molecule has 86 valence electrons. The van der Waals surface area contributed by atoms with E-state index >= 15 is 0 Å². The minimum Gasteiger partial charge on any atom is -0.372 e. The first kappa shape index (κ1) is 11.0. The van der Waals surface area contributed by atoms with Gasteiger partial charge in [0.2, 0.25) is 5.91 Å². The van der Waals surface area contributed by atoms with Gasteiger partial charge in [0.1, 0.15) is 6.04 Å². The molecule has 0 bridgehead atoms. The van der Waals surface area contributed by atoms with Crippen LogP contribution in [0.15, 0.2) is 12.1 Å². The van der Waals surface area contributed by atoms with Gasteiger partial charge in [-0.15, -0.1) is 0 Å². The molecule has 1 atom stereocenters. The van der Waals surface area contributed by atoms with Gasteiger partial charge in [0, 0.05) is 0 Å². The van der Waals surface area contributed by atoms with Crippen molar-refractivity contribution >= 4 is 17.3 Å². The second kappa shape index (κ2) is 3.81. The van der Waals surface area contributed by atoms with Gasteiger partial charge in [0.15, 0.2) is 0 Å². The lowest BCUT2D eigenvalue weighted by Gasteiger charge is -2.30. The molecule has 1 unspecified atom stereocenters. The standard InChI is InChI=1S/C13H18N2O/c1-7(2)12-13(16)15-11-6-9(4)8(3)5-10(11)14-12/h5-7,12,14H,1-4H3,(H,15,16). The van der Waals surface area contributed by atoms with E-state index in [0.717, 1.165) is 11.4 Å². The minimum atomic E-state index is -0.130. The number of aryl methyl sites for hydroxylation is 2. The highest BCUT2D eigenvalue weighted by atomic mass is 16.2. The molecule has 1 heterocycles. The van der Waals surface area contributed by atoms with Gasteiger partial charge in [-0.05, 0) is 43.0 Å². The molecule has 1 aromatic rings. The van der Waals surface area contributed by atoms with E-state index in [9.17, 15) is 4.79 Å². The van der Waals surface area contributed by atoms with E-state index < -0.39 is 0 Å². The number of nitrogens with one attached hydrogen (secondary N) is 2. The number of benzene rings is 1. The molecular weight excluding hydrogens is 200 g/mol. The van der Waals surface area contributed by atoms with Crippen molar-refractivity contribution in [3.63, 3.8) is 0 Å². The first-order chi connectivity index (χ1) is 7.49. The van der Waals surface area contributed by atoms with Crippen molar-refractivity contribution in [2.45, 2.75) is 33.7 Å². The second-order valence-corrected chi connectivity index (χ2v) is 4.84. The summed E-state index contributed by atoms with van der Waals surface area (Å²) in [6, 6.07) is 3.99. The Morgan fingerprint density at radius 1 is 1.12 bits per heavy atom. The van der Waals surface area contributed by atoms with E-state index in [4.69, 9.17) is 0 Å². The molecule has 0 aromatic heterocycles. The lowest BCUT2D eigenvalue weighted by Crippen LogP contribution is -2.42. The van der Waals surface area contributed by atoms with Gasteiger partial charge < -0.3 is 10.6 Å². The fraction of sp³-hybridized carbons (Fsp3) is 0.462. The maximum Gasteiger partial charge on any atom is 0.247 e. The lowest BCUT2D eigenvalue weighted by molar-refractivity contribution is -0.117. The number of fused-ring (bicyclic) bond motifs is 1. The van der Waals surface area contributed by atoms with Gasteiger partial charge in [-0.1, -0.05) is 13.8 Å². The molecule has 0 saturated heterocycles. The Bertz CT molecular complexity index is 438. The van der Waals surface area contributed by atoms with Crippen LogP contribution in [0.25, 0.3) is 0 Å². The van der Waals surface area contributed by atoms with Gasteiger partial charge in [0.05, 0.1) is 11.4 Å². The van der Waals surface area contributed by atoms with Gasteiger partial charge in [0.25, 0.3) is 0 Å². The summed E-state index contributed by atoms with van der Waals surface area (Å²) >= 11 is 0. The summed E-state index contributed by atoms with van der Waals surface area (Å²) in [7, 11) is 0. The lowest BCUT2D eigenvalue weighted by atomic mass is 9.98. The molecule has 0 aliphatic carbocycles. The molecule has 2 N–H and O–H groups in total. The number of hydrogen-bond donors (Lipinski definition) is 2. The van der Waals surface area contributed by atoms with Crippen molar-refractivity contribution in [3.8, 4) is 0 Å². The SMILES string of the molecule is Cc1cc2c(cc1C)NC(C(C)C)C(=O)N2. The van der Waals surface area contributed by atoms with Crippen molar-refractivity contribution < 1.29 is 4.79 Å². The number of carbonyl (C=O) groups excluding carboxylic acids is 1. The molecule has 16 heavy (non-hydrogen) atoms. The van der Waals surface area contributed by atoms with Crippen LogP contribution in [0.2, 0.25) is 0 Å². The molecule has 1 aliphatic rings. The molecule has 1 amide bonds. The molecule has 0 saturated carbocycles. The fourth-order valence-corrected chi connectivity index (χ4v) is 1.95. The van der Waals surface area contributed by atoms with Crippen molar-refractivity contribution in [2.75, 3.05) is 10.6 Å². The average molecular weight is 218 g/mol. The summed E-state index contributed by atoms with van der Waals surface area (Å²) in [5.74, 6) is 0.348. The number of amides is 1. The van der Waals surface area contributed by atoms with E-state index in [1.54, 1.807) is 0 Å². The topological polar surface area (TPSA) is 41.1 Å². The van der Waals surface area contributed by atoms with Crippen LogP contribution in [0.3, 0.4) is 0 Å². The number of hydrogen-bond acceptors (Lipinski definition) is 2. The van der Waals surface area contributed by atoms with Gasteiger partial charge in [-0.25, -0.2) is 0 Å². The molecule has 3 heteroatoms. The third kappa shape index (κ3) is 1.77. The van der Waals surface area contributed by atoms with E-state index in [-0.39, 0.29) is 17.9 Å². The summed E-state index contributed by atoms with van der Waals surface area (Å²) < 4.78 is 0. The summed E-state index contributed by atoms with van der Waals surface area (Å²) in [5, 5.41) is 6.26. The van der Waals surface area contributed by atoms with E-state index in [1.165, 1.54) is 11.1 Å². The summed E-state index contributed by atoms with van der Waals surface area (Å²) in [6.45, 7) is 8.22. The molecular formula is C13H18N2O. The average Bonchev–Trinajstić information content (AvgIpc) is 2.19. The third-order valence-corrected chi connectivity index (χ3v) is 3.15. The normalized spacial score (nSPS) is 19.1. The molecule has 0 spiro atoms. The predicted molar refractivity (Wildman–Crippen MR) is 66.8 cm³/mol. The van der Waals surface area contributed by atoms with Crippen LogP contribution in [0.5, 0.6) is 0 Å². The maximum atomic E-state index is 11.8. The van der Waals surface area contributed by atoms with Crippen LogP contribution in [-0.2, 0) is 4.79 Å². The highest BCUT2D eigenvalue weighted by Crippen LogP contribution is 2.31. The molecule has 0 fully saturated rings. The number of carbonyl (C=O) groups is 1. The Hall–Kier alpha value is -1.51. The van der Waals surface area contributed by atoms with Crippen molar-refractivity contribution in [1.29, 1.82) is 0 Å². The fourth-order valence-electron chi connectivity index (χ4n) is 1.95.